The lowest BCUT2D eigenvalue weighted by atomic mass is 10.2. The fourth-order valence-electron chi connectivity index (χ4n) is 1.81. The Bertz CT molecular complexity index is 649. The van der Waals surface area contributed by atoms with E-state index in [1.54, 1.807) is 44.1 Å². The van der Waals surface area contributed by atoms with Crippen LogP contribution < -0.4 is 5.32 Å². The van der Waals surface area contributed by atoms with E-state index in [1.165, 1.54) is 6.07 Å². The Hall–Kier alpha value is -2.44. The number of alkyl carbamates (subject to hydrolysis) is 1. The van der Waals surface area contributed by atoms with E-state index < -0.39 is 11.7 Å². The highest BCUT2D eigenvalue weighted by Gasteiger charge is 2.15. The van der Waals surface area contributed by atoms with E-state index >= 15 is 0 Å². The molecule has 0 aromatic carbocycles. The zero-order valence-corrected chi connectivity index (χ0v) is 12.8. The van der Waals surface area contributed by atoms with Gasteiger partial charge in [-0.05, 0) is 32.4 Å². The highest BCUT2D eigenvalue weighted by atomic mass is 19.1. The Labute approximate surface area is 128 Å². The number of hydrogen-bond donors (Lipinski definition) is 1. The van der Waals surface area contributed by atoms with E-state index in [0.717, 1.165) is 11.8 Å². The van der Waals surface area contributed by atoms with Gasteiger partial charge in [0.05, 0.1) is 31.3 Å². The number of carbonyl (C=O) groups excluding carboxylic acids is 1. The normalized spacial score (nSPS) is 11.3. The molecule has 0 aliphatic rings. The van der Waals surface area contributed by atoms with Gasteiger partial charge in [-0.1, -0.05) is 0 Å². The van der Waals surface area contributed by atoms with Crippen LogP contribution in [0.5, 0.6) is 0 Å². The lowest BCUT2D eigenvalue weighted by Crippen LogP contribution is -2.32. The fourth-order valence-corrected chi connectivity index (χ4v) is 1.81. The SMILES string of the molecule is CC(C)(C)OC(=O)NCc1cn(Cc2cncc(F)c2)cn1. The molecule has 2 heterocycles. The molecule has 0 saturated carbocycles. The molecule has 0 atom stereocenters. The number of hydrogen-bond acceptors (Lipinski definition) is 4. The lowest BCUT2D eigenvalue weighted by Gasteiger charge is -2.19. The van der Waals surface area contributed by atoms with Gasteiger partial charge in [-0.3, -0.25) is 4.98 Å². The number of nitrogens with zero attached hydrogens (tertiary/aromatic N) is 3. The molecule has 0 saturated heterocycles. The minimum absolute atomic E-state index is 0.267. The number of nitrogens with one attached hydrogen (secondary N) is 1. The summed E-state index contributed by atoms with van der Waals surface area (Å²) >= 11 is 0. The zero-order chi connectivity index (χ0) is 16.2. The first kappa shape index (κ1) is 15.9. The van der Waals surface area contributed by atoms with Crippen molar-refractivity contribution in [3.8, 4) is 0 Å². The summed E-state index contributed by atoms with van der Waals surface area (Å²) < 4.78 is 20.0. The van der Waals surface area contributed by atoms with E-state index in [-0.39, 0.29) is 12.4 Å². The molecule has 0 spiro atoms. The Kier molecular flexibility index (Phi) is 4.75. The highest BCUT2D eigenvalue weighted by Crippen LogP contribution is 2.07. The maximum absolute atomic E-state index is 13.1. The van der Waals surface area contributed by atoms with Crippen molar-refractivity contribution in [3.05, 3.63) is 48.1 Å². The average molecular weight is 306 g/mol. The van der Waals surface area contributed by atoms with Gasteiger partial charge in [0, 0.05) is 12.4 Å². The van der Waals surface area contributed by atoms with Crippen LogP contribution >= 0.6 is 0 Å². The predicted molar refractivity (Wildman–Crippen MR) is 78.6 cm³/mol. The minimum Gasteiger partial charge on any atom is -0.444 e. The van der Waals surface area contributed by atoms with Crippen LogP contribution in [0.3, 0.4) is 0 Å². The van der Waals surface area contributed by atoms with Crippen LogP contribution in [0.1, 0.15) is 32.0 Å². The van der Waals surface area contributed by atoms with Crippen LogP contribution in [-0.2, 0) is 17.8 Å². The van der Waals surface area contributed by atoms with E-state index in [1.807, 2.05) is 0 Å². The molecule has 118 valence electrons. The van der Waals surface area contributed by atoms with Crippen LogP contribution in [0.15, 0.2) is 31.0 Å². The van der Waals surface area contributed by atoms with E-state index in [4.69, 9.17) is 4.74 Å². The summed E-state index contributed by atoms with van der Waals surface area (Å²) in [6.45, 7) is 6.13. The van der Waals surface area contributed by atoms with Crippen LogP contribution in [-0.4, -0.2) is 26.2 Å². The number of aromatic nitrogens is 3. The molecule has 0 unspecified atom stereocenters. The van der Waals surface area contributed by atoms with Crippen molar-refractivity contribution in [2.75, 3.05) is 0 Å². The summed E-state index contributed by atoms with van der Waals surface area (Å²) in [6.07, 6.45) is 5.67. The summed E-state index contributed by atoms with van der Waals surface area (Å²) in [5, 5.41) is 2.63. The van der Waals surface area contributed by atoms with Crippen molar-refractivity contribution in [2.45, 2.75) is 39.5 Å². The Morgan fingerprint density at radius 3 is 2.86 bits per heavy atom. The molecule has 0 bridgehead atoms. The first-order chi connectivity index (χ1) is 10.3. The summed E-state index contributed by atoms with van der Waals surface area (Å²) in [4.78, 5) is 19.5. The number of carbonyl (C=O) groups is 1. The molecule has 22 heavy (non-hydrogen) atoms. The molecule has 2 aromatic rings. The number of ether oxygens (including phenoxy) is 1. The third kappa shape index (κ3) is 5.16. The summed E-state index contributed by atoms with van der Waals surface area (Å²) in [6, 6.07) is 1.42. The van der Waals surface area contributed by atoms with Crippen LogP contribution in [0.2, 0.25) is 0 Å². The van der Waals surface area contributed by atoms with Crippen molar-refractivity contribution in [2.24, 2.45) is 0 Å². The van der Waals surface area contributed by atoms with Gasteiger partial charge in [0.25, 0.3) is 0 Å². The molecular weight excluding hydrogens is 287 g/mol. The molecule has 0 radical (unpaired) electrons. The van der Waals surface area contributed by atoms with Crippen molar-refractivity contribution in [1.29, 1.82) is 0 Å². The molecule has 7 heteroatoms. The third-order valence-corrected chi connectivity index (χ3v) is 2.63. The van der Waals surface area contributed by atoms with Crippen molar-refractivity contribution in [1.82, 2.24) is 19.9 Å². The van der Waals surface area contributed by atoms with Gasteiger partial charge in [0.2, 0.25) is 0 Å². The molecule has 1 amide bonds. The third-order valence-electron chi connectivity index (χ3n) is 2.63. The van der Waals surface area contributed by atoms with Gasteiger partial charge in [-0.2, -0.15) is 0 Å². The number of amides is 1. The second-order valence-electron chi connectivity index (χ2n) is 5.90. The first-order valence-corrected chi connectivity index (χ1v) is 6.89. The predicted octanol–water partition coefficient (Wildman–Crippen LogP) is 2.49. The maximum atomic E-state index is 13.1. The van der Waals surface area contributed by atoms with Crippen LogP contribution in [0.25, 0.3) is 0 Å². The van der Waals surface area contributed by atoms with Crippen LogP contribution in [0, 0.1) is 5.82 Å². The van der Waals surface area contributed by atoms with Gasteiger partial charge in [-0.25, -0.2) is 14.2 Å². The molecule has 2 aromatic heterocycles. The van der Waals surface area contributed by atoms with Crippen LogP contribution in [0.4, 0.5) is 9.18 Å². The van der Waals surface area contributed by atoms with Gasteiger partial charge in [0.15, 0.2) is 0 Å². The van der Waals surface area contributed by atoms with Gasteiger partial charge in [-0.15, -0.1) is 0 Å². The quantitative estimate of drug-likeness (QED) is 0.942. The van der Waals surface area contributed by atoms with Crippen molar-refractivity contribution in [3.63, 3.8) is 0 Å². The monoisotopic (exact) mass is 306 g/mol. The van der Waals surface area contributed by atoms with Gasteiger partial charge in [0.1, 0.15) is 11.4 Å². The van der Waals surface area contributed by atoms with E-state index in [2.05, 4.69) is 15.3 Å². The number of halogens is 1. The summed E-state index contributed by atoms with van der Waals surface area (Å²) in [7, 11) is 0. The Morgan fingerprint density at radius 1 is 1.41 bits per heavy atom. The Balaban J connectivity index is 1.88. The van der Waals surface area contributed by atoms with Gasteiger partial charge >= 0.3 is 6.09 Å². The van der Waals surface area contributed by atoms with Gasteiger partial charge < -0.3 is 14.6 Å². The number of imidazole rings is 1. The number of pyridine rings is 1. The molecule has 6 nitrogen and oxygen atoms in total. The second kappa shape index (κ2) is 6.55. The smallest absolute Gasteiger partial charge is 0.407 e. The average Bonchev–Trinajstić information content (AvgIpc) is 2.82. The maximum Gasteiger partial charge on any atom is 0.407 e. The topological polar surface area (TPSA) is 69.0 Å². The Morgan fingerprint density at radius 2 is 2.18 bits per heavy atom. The molecular formula is C15H19FN4O2. The summed E-state index contributed by atoms with van der Waals surface area (Å²) in [5.74, 6) is -0.371. The summed E-state index contributed by atoms with van der Waals surface area (Å²) in [5.41, 5.74) is 0.896. The highest BCUT2D eigenvalue weighted by molar-refractivity contribution is 5.67. The molecule has 0 aliphatic carbocycles. The van der Waals surface area contributed by atoms with E-state index in [0.29, 0.717) is 12.2 Å². The standard InChI is InChI=1S/C15H19FN4O2/c1-15(2,3)22-14(21)18-7-13-9-20(10-19-13)8-11-4-12(16)6-17-5-11/h4-6,9-10H,7-8H2,1-3H3,(H,18,21). The molecule has 0 aliphatic heterocycles. The fraction of sp³-hybridized carbons (Fsp3) is 0.400. The minimum atomic E-state index is -0.534. The van der Waals surface area contributed by atoms with E-state index in [9.17, 15) is 9.18 Å². The number of rotatable bonds is 4. The van der Waals surface area contributed by atoms with Crippen molar-refractivity contribution < 1.29 is 13.9 Å². The molecule has 1 N–H and O–H groups in total. The van der Waals surface area contributed by atoms with Crippen molar-refractivity contribution >= 4 is 6.09 Å². The zero-order valence-electron chi connectivity index (χ0n) is 12.8. The molecule has 0 fully saturated rings. The largest absolute Gasteiger partial charge is 0.444 e. The first-order valence-electron chi connectivity index (χ1n) is 6.89. The lowest BCUT2D eigenvalue weighted by molar-refractivity contribution is 0.0523. The second-order valence-corrected chi connectivity index (χ2v) is 5.90. The molecule has 2 rings (SSSR count).